The Morgan fingerprint density at radius 2 is 1.88 bits per heavy atom. The van der Waals surface area contributed by atoms with Crippen molar-refractivity contribution < 1.29 is 9.53 Å². The molecular weight excluding hydrogens is 314 g/mol. The van der Waals surface area contributed by atoms with Gasteiger partial charge in [0.25, 0.3) is 0 Å². The zero-order valence-electron chi connectivity index (χ0n) is 13.7. The summed E-state index contributed by atoms with van der Waals surface area (Å²) in [7, 11) is 0. The van der Waals surface area contributed by atoms with Crippen molar-refractivity contribution in [3.05, 3.63) is 84.5 Å². The van der Waals surface area contributed by atoms with Gasteiger partial charge in [-0.05, 0) is 60.5 Å². The number of hydrogen-bond donors (Lipinski definition) is 1. The molecule has 0 aliphatic carbocycles. The van der Waals surface area contributed by atoms with Gasteiger partial charge in [-0.15, -0.1) is 0 Å². The van der Waals surface area contributed by atoms with Crippen molar-refractivity contribution in [2.45, 2.75) is 6.92 Å². The summed E-state index contributed by atoms with van der Waals surface area (Å²) in [6.07, 6.45) is 9.92. The number of amides is 1. The van der Waals surface area contributed by atoms with Crippen LogP contribution in [0.15, 0.2) is 73.3 Å². The molecule has 0 fully saturated rings. The molecule has 0 saturated carbocycles. The SMILES string of the molecule is Cc1cc(NC(=O)/C=C/c2cccnc2)ccc1Oc1cccnc1. The summed E-state index contributed by atoms with van der Waals surface area (Å²) in [4.78, 5) is 20.0. The van der Waals surface area contributed by atoms with Crippen LogP contribution in [-0.2, 0) is 4.79 Å². The molecule has 1 aromatic carbocycles. The molecule has 3 rings (SSSR count). The topological polar surface area (TPSA) is 64.1 Å². The van der Waals surface area contributed by atoms with E-state index in [-0.39, 0.29) is 5.91 Å². The Labute approximate surface area is 146 Å². The highest BCUT2D eigenvalue weighted by Crippen LogP contribution is 2.26. The van der Waals surface area contributed by atoms with Crippen LogP contribution >= 0.6 is 0 Å². The van der Waals surface area contributed by atoms with Gasteiger partial charge in [0, 0.05) is 30.4 Å². The lowest BCUT2D eigenvalue weighted by Gasteiger charge is -2.10. The van der Waals surface area contributed by atoms with E-state index in [1.807, 2.05) is 43.3 Å². The van der Waals surface area contributed by atoms with Crippen LogP contribution in [0.4, 0.5) is 5.69 Å². The Morgan fingerprint density at radius 1 is 1.08 bits per heavy atom. The highest BCUT2D eigenvalue weighted by Gasteiger charge is 2.04. The lowest BCUT2D eigenvalue weighted by Crippen LogP contribution is -2.07. The summed E-state index contributed by atoms with van der Waals surface area (Å²) in [6.45, 7) is 1.92. The van der Waals surface area contributed by atoms with Crippen molar-refractivity contribution in [3.8, 4) is 11.5 Å². The highest BCUT2D eigenvalue weighted by atomic mass is 16.5. The number of anilines is 1. The molecule has 0 aliphatic heterocycles. The van der Waals surface area contributed by atoms with Gasteiger partial charge in [-0.2, -0.15) is 0 Å². The average molecular weight is 331 g/mol. The largest absolute Gasteiger partial charge is 0.455 e. The molecular formula is C20H17N3O2. The van der Waals surface area contributed by atoms with Crippen LogP contribution in [0.2, 0.25) is 0 Å². The summed E-state index contributed by atoms with van der Waals surface area (Å²) in [6, 6.07) is 12.8. The van der Waals surface area contributed by atoms with Crippen LogP contribution in [0.25, 0.3) is 6.08 Å². The van der Waals surface area contributed by atoms with E-state index >= 15 is 0 Å². The molecule has 2 heterocycles. The average Bonchev–Trinajstić information content (AvgIpc) is 2.64. The Bertz CT molecular complexity index is 878. The molecule has 0 saturated heterocycles. The second kappa shape index (κ2) is 7.88. The smallest absolute Gasteiger partial charge is 0.248 e. The molecule has 25 heavy (non-hydrogen) atoms. The van der Waals surface area contributed by atoms with E-state index in [9.17, 15) is 4.79 Å². The first-order valence-electron chi connectivity index (χ1n) is 7.78. The van der Waals surface area contributed by atoms with Gasteiger partial charge in [-0.1, -0.05) is 6.07 Å². The number of carbonyl (C=O) groups excluding carboxylic acids is 1. The van der Waals surface area contributed by atoms with Crippen LogP contribution < -0.4 is 10.1 Å². The number of benzene rings is 1. The van der Waals surface area contributed by atoms with E-state index in [2.05, 4.69) is 15.3 Å². The van der Waals surface area contributed by atoms with Crippen LogP contribution in [0.3, 0.4) is 0 Å². The van der Waals surface area contributed by atoms with E-state index in [0.717, 1.165) is 16.9 Å². The second-order valence-corrected chi connectivity index (χ2v) is 5.38. The quantitative estimate of drug-likeness (QED) is 0.711. The standard InChI is InChI=1S/C20H17N3O2/c1-15-12-17(7-8-19(15)25-18-5-3-11-22-14-18)23-20(24)9-6-16-4-2-10-21-13-16/h2-14H,1H3,(H,23,24)/b9-6+. The number of nitrogens with one attached hydrogen (secondary N) is 1. The number of carbonyl (C=O) groups is 1. The van der Waals surface area contributed by atoms with Crippen LogP contribution in [0.5, 0.6) is 11.5 Å². The summed E-state index contributed by atoms with van der Waals surface area (Å²) in [5.41, 5.74) is 2.49. The molecule has 5 nitrogen and oxygen atoms in total. The minimum atomic E-state index is -0.204. The molecule has 2 aromatic heterocycles. The van der Waals surface area contributed by atoms with Gasteiger partial charge in [0.05, 0.1) is 6.20 Å². The zero-order valence-corrected chi connectivity index (χ0v) is 13.7. The number of nitrogens with zero attached hydrogens (tertiary/aromatic N) is 2. The van der Waals surface area contributed by atoms with Gasteiger partial charge in [0.1, 0.15) is 11.5 Å². The van der Waals surface area contributed by atoms with E-state index in [1.54, 1.807) is 36.9 Å². The van der Waals surface area contributed by atoms with Crippen molar-refractivity contribution in [3.63, 3.8) is 0 Å². The Kier molecular flexibility index (Phi) is 5.16. The van der Waals surface area contributed by atoms with Crippen molar-refractivity contribution in [2.24, 2.45) is 0 Å². The molecule has 0 bridgehead atoms. The van der Waals surface area contributed by atoms with E-state index in [4.69, 9.17) is 4.74 Å². The Morgan fingerprint density at radius 3 is 2.56 bits per heavy atom. The van der Waals surface area contributed by atoms with Crippen molar-refractivity contribution in [1.82, 2.24) is 9.97 Å². The van der Waals surface area contributed by atoms with Gasteiger partial charge in [-0.3, -0.25) is 14.8 Å². The minimum Gasteiger partial charge on any atom is -0.455 e. The number of aromatic nitrogens is 2. The van der Waals surface area contributed by atoms with E-state index in [0.29, 0.717) is 11.4 Å². The van der Waals surface area contributed by atoms with Crippen LogP contribution in [0.1, 0.15) is 11.1 Å². The van der Waals surface area contributed by atoms with E-state index < -0.39 is 0 Å². The molecule has 1 N–H and O–H groups in total. The first-order chi connectivity index (χ1) is 12.2. The first kappa shape index (κ1) is 16.4. The molecule has 0 unspecified atom stereocenters. The fourth-order valence-electron chi connectivity index (χ4n) is 2.21. The van der Waals surface area contributed by atoms with E-state index in [1.165, 1.54) is 6.08 Å². The number of pyridine rings is 2. The molecule has 0 aliphatic rings. The third kappa shape index (κ3) is 4.75. The normalized spacial score (nSPS) is 10.6. The summed E-state index contributed by atoms with van der Waals surface area (Å²) < 4.78 is 5.78. The Balaban J connectivity index is 1.64. The van der Waals surface area contributed by atoms with Crippen molar-refractivity contribution in [2.75, 3.05) is 5.32 Å². The predicted molar refractivity (Wildman–Crippen MR) is 97.4 cm³/mol. The van der Waals surface area contributed by atoms with Crippen LogP contribution in [-0.4, -0.2) is 15.9 Å². The maximum atomic E-state index is 12.0. The Hall–Kier alpha value is -3.47. The second-order valence-electron chi connectivity index (χ2n) is 5.38. The number of hydrogen-bond acceptors (Lipinski definition) is 4. The number of rotatable bonds is 5. The third-order valence-electron chi connectivity index (χ3n) is 3.42. The number of ether oxygens (including phenoxy) is 1. The van der Waals surface area contributed by atoms with Crippen molar-refractivity contribution in [1.29, 1.82) is 0 Å². The lowest BCUT2D eigenvalue weighted by molar-refractivity contribution is -0.111. The van der Waals surface area contributed by atoms with Crippen LogP contribution in [0, 0.1) is 6.92 Å². The zero-order chi connectivity index (χ0) is 17.5. The summed E-state index contributed by atoms with van der Waals surface area (Å²) in [5, 5.41) is 2.83. The van der Waals surface area contributed by atoms with Gasteiger partial charge in [0.15, 0.2) is 0 Å². The predicted octanol–water partition coefficient (Wildman–Crippen LogP) is 4.23. The molecule has 0 spiro atoms. The lowest BCUT2D eigenvalue weighted by atomic mass is 10.2. The summed E-state index contributed by atoms with van der Waals surface area (Å²) in [5.74, 6) is 1.18. The molecule has 0 atom stereocenters. The van der Waals surface area contributed by atoms with Gasteiger partial charge in [0.2, 0.25) is 5.91 Å². The maximum Gasteiger partial charge on any atom is 0.248 e. The molecule has 124 valence electrons. The fourth-order valence-corrected chi connectivity index (χ4v) is 2.21. The molecule has 5 heteroatoms. The monoisotopic (exact) mass is 331 g/mol. The molecule has 1 amide bonds. The first-order valence-corrected chi connectivity index (χ1v) is 7.78. The third-order valence-corrected chi connectivity index (χ3v) is 3.42. The summed E-state index contributed by atoms with van der Waals surface area (Å²) >= 11 is 0. The van der Waals surface area contributed by atoms with Gasteiger partial charge < -0.3 is 10.1 Å². The maximum absolute atomic E-state index is 12.0. The van der Waals surface area contributed by atoms with Gasteiger partial charge >= 0.3 is 0 Å². The minimum absolute atomic E-state index is 0.204. The molecule has 3 aromatic rings. The number of aryl methyl sites for hydroxylation is 1. The van der Waals surface area contributed by atoms with Crippen molar-refractivity contribution >= 4 is 17.7 Å². The molecule has 0 radical (unpaired) electrons. The van der Waals surface area contributed by atoms with Gasteiger partial charge in [-0.25, -0.2) is 0 Å². The highest BCUT2D eigenvalue weighted by molar-refractivity contribution is 6.02. The fraction of sp³-hybridized carbons (Fsp3) is 0.0500.